The molecule has 0 atom stereocenters. The number of hydrogen-bond acceptors (Lipinski definition) is 5. The third-order valence-corrected chi connectivity index (χ3v) is 2.92. The molecule has 0 fully saturated rings. The van der Waals surface area contributed by atoms with Gasteiger partial charge in [-0.3, -0.25) is 0 Å². The van der Waals surface area contributed by atoms with Gasteiger partial charge in [-0.25, -0.2) is 9.97 Å². The van der Waals surface area contributed by atoms with Crippen LogP contribution in [0.2, 0.25) is 5.02 Å². The average molecular weight is 265 g/mol. The molecular formula is C12H13ClN4O. The maximum Gasteiger partial charge on any atom is 0.157 e. The zero-order valence-corrected chi connectivity index (χ0v) is 10.8. The van der Waals surface area contributed by atoms with Gasteiger partial charge in [0.2, 0.25) is 0 Å². The van der Waals surface area contributed by atoms with E-state index in [1.54, 1.807) is 12.0 Å². The SMILES string of the molecule is COc1ccccc1N(C)c1ncnc(N)c1Cl. The summed E-state index contributed by atoms with van der Waals surface area (Å²) < 4.78 is 5.30. The molecule has 0 saturated heterocycles. The topological polar surface area (TPSA) is 64.3 Å². The lowest BCUT2D eigenvalue weighted by molar-refractivity contribution is 0.415. The summed E-state index contributed by atoms with van der Waals surface area (Å²) in [6.45, 7) is 0. The molecule has 1 aromatic carbocycles. The van der Waals surface area contributed by atoms with E-state index >= 15 is 0 Å². The summed E-state index contributed by atoms with van der Waals surface area (Å²) in [6.07, 6.45) is 1.38. The molecule has 0 radical (unpaired) electrons. The van der Waals surface area contributed by atoms with Gasteiger partial charge in [-0.2, -0.15) is 0 Å². The fraction of sp³-hybridized carbons (Fsp3) is 0.167. The van der Waals surface area contributed by atoms with Gasteiger partial charge in [0.25, 0.3) is 0 Å². The van der Waals surface area contributed by atoms with Crippen LogP contribution in [0, 0.1) is 0 Å². The van der Waals surface area contributed by atoms with Crippen molar-refractivity contribution in [2.75, 3.05) is 24.8 Å². The van der Waals surface area contributed by atoms with E-state index in [1.807, 2.05) is 31.3 Å². The molecule has 0 bridgehead atoms. The van der Waals surface area contributed by atoms with Gasteiger partial charge in [-0.15, -0.1) is 0 Å². The van der Waals surface area contributed by atoms with E-state index in [2.05, 4.69) is 9.97 Å². The van der Waals surface area contributed by atoms with Crippen molar-refractivity contribution in [1.82, 2.24) is 9.97 Å². The fourth-order valence-corrected chi connectivity index (χ4v) is 1.85. The van der Waals surface area contributed by atoms with Gasteiger partial charge in [0, 0.05) is 7.05 Å². The van der Waals surface area contributed by atoms with Crippen LogP contribution < -0.4 is 15.4 Å². The molecule has 2 aromatic rings. The van der Waals surface area contributed by atoms with Crippen LogP contribution in [0.4, 0.5) is 17.3 Å². The first-order chi connectivity index (χ1) is 8.65. The number of methoxy groups -OCH3 is 1. The second-order valence-corrected chi connectivity index (χ2v) is 4.01. The zero-order valence-electron chi connectivity index (χ0n) is 10.1. The molecule has 5 nitrogen and oxygen atoms in total. The van der Waals surface area contributed by atoms with Crippen molar-refractivity contribution in [3.63, 3.8) is 0 Å². The summed E-state index contributed by atoms with van der Waals surface area (Å²) in [5, 5.41) is 0.325. The highest BCUT2D eigenvalue weighted by molar-refractivity contribution is 6.35. The summed E-state index contributed by atoms with van der Waals surface area (Å²) in [5.41, 5.74) is 6.51. The van der Waals surface area contributed by atoms with Gasteiger partial charge < -0.3 is 15.4 Å². The number of nitrogens with zero attached hydrogens (tertiary/aromatic N) is 3. The number of rotatable bonds is 3. The number of hydrogen-bond donors (Lipinski definition) is 1. The highest BCUT2D eigenvalue weighted by Crippen LogP contribution is 2.35. The third-order valence-electron chi connectivity index (χ3n) is 2.56. The molecule has 0 amide bonds. The summed E-state index contributed by atoms with van der Waals surface area (Å²) >= 11 is 6.10. The Labute approximate surface area is 110 Å². The molecular weight excluding hydrogens is 252 g/mol. The van der Waals surface area contributed by atoms with Crippen molar-refractivity contribution < 1.29 is 4.74 Å². The number of anilines is 3. The number of halogens is 1. The molecule has 0 saturated carbocycles. The molecule has 0 aliphatic heterocycles. The van der Waals surface area contributed by atoms with Gasteiger partial charge >= 0.3 is 0 Å². The Balaban J connectivity index is 2.48. The highest BCUT2D eigenvalue weighted by atomic mass is 35.5. The number of para-hydroxylation sites is 2. The summed E-state index contributed by atoms with van der Waals surface area (Å²) in [5.74, 6) is 1.52. The van der Waals surface area contributed by atoms with E-state index < -0.39 is 0 Å². The molecule has 0 unspecified atom stereocenters. The van der Waals surface area contributed by atoms with Crippen LogP contribution in [0.25, 0.3) is 0 Å². The van der Waals surface area contributed by atoms with Crippen LogP contribution in [-0.2, 0) is 0 Å². The number of nitrogens with two attached hydrogens (primary N) is 1. The largest absolute Gasteiger partial charge is 0.495 e. The van der Waals surface area contributed by atoms with E-state index in [-0.39, 0.29) is 5.82 Å². The third kappa shape index (κ3) is 2.17. The molecule has 0 aliphatic carbocycles. The molecule has 1 heterocycles. The van der Waals surface area contributed by atoms with E-state index in [4.69, 9.17) is 22.1 Å². The van der Waals surface area contributed by atoms with Crippen LogP contribution >= 0.6 is 11.6 Å². The van der Waals surface area contributed by atoms with Gasteiger partial charge in [0.05, 0.1) is 12.8 Å². The summed E-state index contributed by atoms with van der Waals surface area (Å²) in [4.78, 5) is 9.78. The van der Waals surface area contributed by atoms with Crippen molar-refractivity contribution in [2.45, 2.75) is 0 Å². The maximum absolute atomic E-state index is 6.10. The van der Waals surface area contributed by atoms with Crippen molar-refractivity contribution in [3.8, 4) is 5.75 Å². The zero-order chi connectivity index (χ0) is 13.1. The molecule has 94 valence electrons. The Hall–Kier alpha value is -2.01. The van der Waals surface area contributed by atoms with Gasteiger partial charge in [0.1, 0.15) is 22.9 Å². The second-order valence-electron chi connectivity index (χ2n) is 3.63. The van der Waals surface area contributed by atoms with Crippen molar-refractivity contribution in [3.05, 3.63) is 35.6 Å². The molecule has 18 heavy (non-hydrogen) atoms. The Morgan fingerprint density at radius 2 is 2.00 bits per heavy atom. The lowest BCUT2D eigenvalue weighted by Gasteiger charge is -2.21. The normalized spacial score (nSPS) is 10.2. The minimum atomic E-state index is 0.253. The Kier molecular flexibility index (Phi) is 3.53. The Bertz CT molecular complexity index is 562. The second kappa shape index (κ2) is 5.10. The first-order valence-corrected chi connectivity index (χ1v) is 5.65. The number of aromatic nitrogens is 2. The summed E-state index contributed by atoms with van der Waals surface area (Å²) in [6, 6.07) is 7.58. The van der Waals surface area contributed by atoms with Crippen LogP contribution in [0.1, 0.15) is 0 Å². The predicted octanol–water partition coefficient (Wildman–Crippen LogP) is 2.49. The first kappa shape index (κ1) is 12.4. The van der Waals surface area contributed by atoms with Crippen molar-refractivity contribution >= 4 is 28.9 Å². The first-order valence-electron chi connectivity index (χ1n) is 5.28. The lowest BCUT2D eigenvalue weighted by Crippen LogP contribution is -2.14. The number of ether oxygens (including phenoxy) is 1. The molecule has 6 heteroatoms. The lowest BCUT2D eigenvalue weighted by atomic mass is 10.2. The molecule has 2 N–H and O–H groups in total. The monoisotopic (exact) mass is 264 g/mol. The average Bonchev–Trinajstić information content (AvgIpc) is 2.41. The smallest absolute Gasteiger partial charge is 0.157 e. The highest BCUT2D eigenvalue weighted by Gasteiger charge is 2.15. The molecule has 0 spiro atoms. The summed E-state index contributed by atoms with van der Waals surface area (Å²) in [7, 11) is 3.45. The van der Waals surface area contributed by atoms with E-state index in [1.165, 1.54) is 6.33 Å². The number of nitrogen functional groups attached to an aromatic ring is 1. The van der Waals surface area contributed by atoms with E-state index in [0.717, 1.165) is 11.4 Å². The van der Waals surface area contributed by atoms with Crippen molar-refractivity contribution in [2.24, 2.45) is 0 Å². The molecule has 1 aromatic heterocycles. The van der Waals surface area contributed by atoms with Crippen LogP contribution in [-0.4, -0.2) is 24.1 Å². The molecule has 0 aliphatic rings. The van der Waals surface area contributed by atoms with Crippen molar-refractivity contribution in [1.29, 1.82) is 0 Å². The van der Waals surface area contributed by atoms with Gasteiger partial charge in [0.15, 0.2) is 5.82 Å². The number of benzene rings is 1. The van der Waals surface area contributed by atoms with E-state index in [0.29, 0.717) is 10.8 Å². The Morgan fingerprint density at radius 3 is 2.72 bits per heavy atom. The van der Waals surface area contributed by atoms with Gasteiger partial charge in [-0.05, 0) is 12.1 Å². The van der Waals surface area contributed by atoms with Crippen LogP contribution in [0.3, 0.4) is 0 Å². The van der Waals surface area contributed by atoms with E-state index in [9.17, 15) is 0 Å². The quantitative estimate of drug-likeness (QED) is 0.923. The maximum atomic E-state index is 6.10. The van der Waals surface area contributed by atoms with Gasteiger partial charge in [-0.1, -0.05) is 23.7 Å². The predicted molar refractivity (Wildman–Crippen MR) is 72.5 cm³/mol. The fourth-order valence-electron chi connectivity index (χ4n) is 1.63. The van der Waals surface area contributed by atoms with Crippen LogP contribution in [0.15, 0.2) is 30.6 Å². The van der Waals surface area contributed by atoms with Crippen LogP contribution in [0.5, 0.6) is 5.75 Å². The molecule has 2 rings (SSSR count). The standard InChI is InChI=1S/C12H13ClN4O/c1-17(8-5-3-4-6-9(8)18-2)12-10(13)11(14)15-7-16-12/h3-7H,1-2H3,(H2,14,15,16). The minimum Gasteiger partial charge on any atom is -0.495 e. The Morgan fingerprint density at radius 1 is 1.28 bits per heavy atom. The minimum absolute atomic E-state index is 0.253.